The van der Waals surface area contributed by atoms with Gasteiger partial charge in [0, 0.05) is 48.8 Å². The molecule has 126 valence electrons. The summed E-state index contributed by atoms with van der Waals surface area (Å²) in [6.07, 6.45) is 2.31. The van der Waals surface area contributed by atoms with Gasteiger partial charge in [0.15, 0.2) is 0 Å². The van der Waals surface area contributed by atoms with Crippen LogP contribution in [-0.4, -0.2) is 45.4 Å². The van der Waals surface area contributed by atoms with E-state index in [-0.39, 0.29) is 11.1 Å². The lowest BCUT2D eigenvalue weighted by atomic mass is 10.1. The van der Waals surface area contributed by atoms with Crippen LogP contribution in [0.3, 0.4) is 0 Å². The number of carboxylic acid groups (broad SMARTS) is 1. The first kappa shape index (κ1) is 17.5. The lowest BCUT2D eigenvalue weighted by Crippen LogP contribution is -2.29. The topological polar surface area (TPSA) is 114 Å². The number of carbonyl (C=O) groups excluding carboxylic acids is 1. The van der Waals surface area contributed by atoms with E-state index in [9.17, 15) is 19.7 Å². The number of benzene rings is 1. The van der Waals surface area contributed by atoms with Crippen LogP contribution in [0.5, 0.6) is 0 Å². The molecule has 9 heteroatoms. The monoisotopic (exact) mass is 349 g/mol. The Balaban J connectivity index is 2.18. The Labute approximate surface area is 141 Å². The Kier molecular flexibility index (Phi) is 5.24. The summed E-state index contributed by atoms with van der Waals surface area (Å²) >= 11 is 1.53. The van der Waals surface area contributed by atoms with Gasteiger partial charge in [-0.25, -0.2) is 9.78 Å². The molecular weight excluding hydrogens is 334 g/mol. The van der Waals surface area contributed by atoms with Crippen molar-refractivity contribution in [3.63, 3.8) is 0 Å². The molecule has 0 radical (unpaired) electrons. The molecular formula is C15H15N3O5S. The van der Waals surface area contributed by atoms with Crippen molar-refractivity contribution < 1.29 is 19.6 Å². The summed E-state index contributed by atoms with van der Waals surface area (Å²) in [5, 5.41) is 20.8. The summed E-state index contributed by atoms with van der Waals surface area (Å²) < 4.78 is 0. The summed E-state index contributed by atoms with van der Waals surface area (Å²) in [6, 6.07) is 3.15. The fourth-order valence-electron chi connectivity index (χ4n) is 2.07. The molecule has 0 aliphatic heterocycles. The average molecular weight is 349 g/mol. The minimum absolute atomic E-state index is 0.0283. The molecule has 24 heavy (non-hydrogen) atoms. The first-order valence-electron chi connectivity index (χ1n) is 6.97. The maximum Gasteiger partial charge on any atom is 0.335 e. The van der Waals surface area contributed by atoms with E-state index in [0.717, 1.165) is 28.1 Å². The van der Waals surface area contributed by atoms with Gasteiger partial charge in [-0.05, 0) is 13.0 Å². The molecule has 2 rings (SSSR count). The van der Waals surface area contributed by atoms with Gasteiger partial charge in [-0.3, -0.25) is 14.9 Å². The molecule has 1 aromatic heterocycles. The zero-order valence-electron chi connectivity index (χ0n) is 13.1. The summed E-state index contributed by atoms with van der Waals surface area (Å²) in [7, 11) is 1.56. The average Bonchev–Trinajstić information content (AvgIpc) is 2.96. The van der Waals surface area contributed by atoms with Crippen molar-refractivity contribution >= 4 is 28.9 Å². The number of nitrogens with zero attached hydrogens (tertiary/aromatic N) is 3. The van der Waals surface area contributed by atoms with Crippen LogP contribution in [0.4, 0.5) is 5.69 Å². The Morgan fingerprint density at radius 1 is 1.33 bits per heavy atom. The molecule has 8 nitrogen and oxygen atoms in total. The molecule has 2 aromatic rings. The van der Waals surface area contributed by atoms with Gasteiger partial charge in [0.2, 0.25) is 0 Å². The number of hydrogen-bond acceptors (Lipinski definition) is 6. The quantitative estimate of drug-likeness (QED) is 0.632. The minimum Gasteiger partial charge on any atom is -0.478 e. The number of aromatic carboxylic acids is 1. The smallest absolute Gasteiger partial charge is 0.335 e. The van der Waals surface area contributed by atoms with Crippen molar-refractivity contribution in [2.75, 3.05) is 13.6 Å². The van der Waals surface area contributed by atoms with E-state index in [0.29, 0.717) is 13.0 Å². The van der Waals surface area contributed by atoms with Crippen LogP contribution in [0.25, 0.3) is 0 Å². The number of non-ortho nitro benzene ring substituents is 1. The zero-order valence-corrected chi connectivity index (χ0v) is 13.9. The van der Waals surface area contributed by atoms with E-state index in [4.69, 9.17) is 5.11 Å². The summed E-state index contributed by atoms with van der Waals surface area (Å²) in [5.74, 6) is -1.80. The van der Waals surface area contributed by atoms with Gasteiger partial charge in [0.25, 0.3) is 11.6 Å². The minimum atomic E-state index is -1.33. The van der Waals surface area contributed by atoms with Crippen LogP contribution in [0.15, 0.2) is 24.4 Å². The van der Waals surface area contributed by atoms with Crippen LogP contribution in [0.1, 0.15) is 30.6 Å². The Bertz CT molecular complexity index is 770. The number of amides is 1. The van der Waals surface area contributed by atoms with Gasteiger partial charge < -0.3 is 10.0 Å². The molecule has 0 saturated heterocycles. The van der Waals surface area contributed by atoms with E-state index >= 15 is 0 Å². The zero-order chi connectivity index (χ0) is 17.9. The lowest BCUT2D eigenvalue weighted by Gasteiger charge is -2.16. The van der Waals surface area contributed by atoms with Crippen molar-refractivity contribution in [1.29, 1.82) is 0 Å². The van der Waals surface area contributed by atoms with Crippen LogP contribution < -0.4 is 0 Å². The van der Waals surface area contributed by atoms with E-state index in [1.807, 2.05) is 6.92 Å². The van der Waals surface area contributed by atoms with Gasteiger partial charge in [-0.1, -0.05) is 0 Å². The fraction of sp³-hybridized carbons (Fsp3) is 0.267. The molecule has 1 heterocycles. The van der Waals surface area contributed by atoms with Gasteiger partial charge in [0.1, 0.15) is 0 Å². The van der Waals surface area contributed by atoms with E-state index in [2.05, 4.69) is 4.98 Å². The number of aryl methyl sites for hydroxylation is 1. The fourth-order valence-corrected chi connectivity index (χ4v) is 2.84. The molecule has 0 aliphatic rings. The van der Waals surface area contributed by atoms with Gasteiger partial charge in [-0.15, -0.1) is 11.3 Å². The number of aromatic nitrogens is 1. The van der Waals surface area contributed by atoms with Crippen LogP contribution in [-0.2, 0) is 6.42 Å². The number of nitro groups is 1. The van der Waals surface area contributed by atoms with Crippen molar-refractivity contribution in [3.05, 3.63) is 55.5 Å². The molecule has 0 fully saturated rings. The highest BCUT2D eigenvalue weighted by atomic mass is 32.1. The third-order valence-electron chi connectivity index (χ3n) is 3.30. The SMILES string of the molecule is Cc1cnc(CCN(C)C(=O)c2cc(C(=O)O)cc([N+](=O)[O-])c2)s1. The standard InChI is InChI=1S/C15H15N3O5S/c1-9-8-16-13(24-9)3-4-17(2)14(19)10-5-11(15(20)21)7-12(6-10)18(22)23/h5-8H,3-4H2,1-2H3,(H,20,21). The molecule has 1 N–H and O–H groups in total. The van der Waals surface area contributed by atoms with Crippen molar-refractivity contribution in [3.8, 4) is 0 Å². The Hall–Kier alpha value is -2.81. The third kappa shape index (κ3) is 4.13. The second-order valence-corrected chi connectivity index (χ2v) is 6.49. The maximum atomic E-state index is 12.4. The number of hydrogen-bond donors (Lipinski definition) is 1. The molecule has 0 bridgehead atoms. The van der Waals surface area contributed by atoms with Gasteiger partial charge in [-0.2, -0.15) is 0 Å². The van der Waals surface area contributed by atoms with Crippen LogP contribution >= 0.6 is 11.3 Å². The Morgan fingerprint density at radius 3 is 2.54 bits per heavy atom. The summed E-state index contributed by atoms with van der Waals surface area (Å²) in [6.45, 7) is 2.31. The first-order chi connectivity index (χ1) is 11.3. The number of thiazole rings is 1. The van der Waals surface area contributed by atoms with Gasteiger partial charge in [0.05, 0.1) is 15.5 Å². The summed E-state index contributed by atoms with van der Waals surface area (Å²) in [5.41, 5.74) is -0.752. The maximum absolute atomic E-state index is 12.4. The van der Waals surface area contributed by atoms with E-state index < -0.39 is 22.5 Å². The Morgan fingerprint density at radius 2 is 2.00 bits per heavy atom. The van der Waals surface area contributed by atoms with E-state index in [1.165, 1.54) is 16.2 Å². The second-order valence-electron chi connectivity index (χ2n) is 5.17. The van der Waals surface area contributed by atoms with Crippen LogP contribution in [0.2, 0.25) is 0 Å². The largest absolute Gasteiger partial charge is 0.478 e. The molecule has 1 aromatic carbocycles. The predicted molar refractivity (Wildman–Crippen MR) is 87.6 cm³/mol. The number of likely N-dealkylation sites (N-methyl/N-ethyl adjacent to an activating group) is 1. The van der Waals surface area contributed by atoms with Crippen LogP contribution in [0, 0.1) is 17.0 Å². The lowest BCUT2D eigenvalue weighted by molar-refractivity contribution is -0.384. The first-order valence-corrected chi connectivity index (χ1v) is 7.79. The van der Waals surface area contributed by atoms with Crippen molar-refractivity contribution in [2.45, 2.75) is 13.3 Å². The molecule has 0 atom stereocenters. The highest BCUT2D eigenvalue weighted by molar-refractivity contribution is 7.11. The molecule has 0 saturated carbocycles. The molecule has 0 spiro atoms. The van der Waals surface area contributed by atoms with Crippen molar-refractivity contribution in [1.82, 2.24) is 9.88 Å². The van der Waals surface area contributed by atoms with E-state index in [1.54, 1.807) is 13.2 Å². The third-order valence-corrected chi connectivity index (χ3v) is 4.27. The van der Waals surface area contributed by atoms with Crippen molar-refractivity contribution in [2.24, 2.45) is 0 Å². The second kappa shape index (κ2) is 7.18. The normalized spacial score (nSPS) is 10.4. The molecule has 0 unspecified atom stereocenters. The number of carbonyl (C=O) groups is 2. The predicted octanol–water partition coefficient (Wildman–Crippen LogP) is 2.37. The number of carboxylic acids is 1. The highest BCUT2D eigenvalue weighted by Gasteiger charge is 2.20. The highest BCUT2D eigenvalue weighted by Crippen LogP contribution is 2.19. The summed E-state index contributed by atoms with van der Waals surface area (Å²) in [4.78, 5) is 40.4. The molecule has 1 amide bonds. The number of rotatable bonds is 6. The molecule has 0 aliphatic carbocycles. The van der Waals surface area contributed by atoms with Gasteiger partial charge >= 0.3 is 5.97 Å². The number of nitro benzene ring substituents is 1.